The molecule has 4 heteroatoms. The summed E-state index contributed by atoms with van der Waals surface area (Å²) >= 11 is 5.96. The lowest BCUT2D eigenvalue weighted by Gasteiger charge is -2.08. The highest BCUT2D eigenvalue weighted by atomic mass is 35.5. The standard InChI is InChI=1S/C13H14ClN3/c1-8(2)11-7-12(17-13(15)16-11)9-4-3-5-10(14)6-9/h3-8H,1-2H3,(H2,15,16,17). The third-order valence-electron chi connectivity index (χ3n) is 2.48. The third kappa shape index (κ3) is 2.74. The summed E-state index contributed by atoms with van der Waals surface area (Å²) in [6, 6.07) is 9.50. The van der Waals surface area contributed by atoms with Crippen molar-refractivity contribution in [3.8, 4) is 11.3 Å². The van der Waals surface area contributed by atoms with E-state index in [9.17, 15) is 0 Å². The average Bonchev–Trinajstić information content (AvgIpc) is 2.28. The van der Waals surface area contributed by atoms with Gasteiger partial charge < -0.3 is 5.73 Å². The van der Waals surface area contributed by atoms with Gasteiger partial charge in [-0.25, -0.2) is 9.97 Å². The molecular formula is C13H14ClN3. The Balaban J connectivity index is 2.52. The predicted molar refractivity (Wildman–Crippen MR) is 71.0 cm³/mol. The zero-order chi connectivity index (χ0) is 12.4. The SMILES string of the molecule is CC(C)c1cc(-c2cccc(Cl)c2)nc(N)n1. The van der Waals surface area contributed by atoms with Crippen molar-refractivity contribution >= 4 is 17.5 Å². The number of rotatable bonds is 2. The molecular weight excluding hydrogens is 234 g/mol. The number of nitrogens with two attached hydrogens (primary N) is 1. The molecule has 0 saturated heterocycles. The van der Waals surface area contributed by atoms with Crippen LogP contribution in [-0.4, -0.2) is 9.97 Å². The van der Waals surface area contributed by atoms with E-state index in [-0.39, 0.29) is 0 Å². The highest BCUT2D eigenvalue weighted by Crippen LogP contribution is 2.24. The zero-order valence-electron chi connectivity index (χ0n) is 9.81. The lowest BCUT2D eigenvalue weighted by atomic mass is 10.1. The minimum atomic E-state index is 0.297. The van der Waals surface area contributed by atoms with Crippen molar-refractivity contribution in [3.05, 3.63) is 41.0 Å². The molecule has 0 aliphatic carbocycles. The van der Waals surface area contributed by atoms with Gasteiger partial charge in [-0.1, -0.05) is 37.6 Å². The number of hydrogen-bond acceptors (Lipinski definition) is 3. The Morgan fingerprint density at radius 2 is 1.94 bits per heavy atom. The predicted octanol–water partition coefficient (Wildman–Crippen LogP) is 3.50. The Labute approximate surface area is 106 Å². The molecule has 0 spiro atoms. The van der Waals surface area contributed by atoms with Gasteiger partial charge in [0.1, 0.15) is 0 Å². The van der Waals surface area contributed by atoms with Crippen LogP contribution in [0.4, 0.5) is 5.95 Å². The molecule has 0 atom stereocenters. The molecule has 1 aromatic heterocycles. The smallest absolute Gasteiger partial charge is 0.220 e. The van der Waals surface area contributed by atoms with Gasteiger partial charge >= 0.3 is 0 Å². The van der Waals surface area contributed by atoms with Gasteiger partial charge in [-0.15, -0.1) is 0 Å². The molecule has 2 aromatic rings. The van der Waals surface area contributed by atoms with Crippen LogP contribution in [0.5, 0.6) is 0 Å². The van der Waals surface area contributed by atoms with E-state index in [4.69, 9.17) is 17.3 Å². The monoisotopic (exact) mass is 247 g/mol. The van der Waals surface area contributed by atoms with Crippen LogP contribution in [-0.2, 0) is 0 Å². The maximum absolute atomic E-state index is 5.96. The van der Waals surface area contributed by atoms with Crippen LogP contribution >= 0.6 is 11.6 Å². The molecule has 0 radical (unpaired) electrons. The van der Waals surface area contributed by atoms with Crippen molar-refractivity contribution in [3.63, 3.8) is 0 Å². The largest absolute Gasteiger partial charge is 0.368 e. The van der Waals surface area contributed by atoms with Gasteiger partial charge in [0.2, 0.25) is 5.95 Å². The molecule has 0 aliphatic rings. The summed E-state index contributed by atoms with van der Waals surface area (Å²) in [5.41, 5.74) is 8.42. The van der Waals surface area contributed by atoms with Crippen LogP contribution in [0, 0.1) is 0 Å². The molecule has 2 N–H and O–H groups in total. The number of halogens is 1. The molecule has 0 unspecified atom stereocenters. The molecule has 17 heavy (non-hydrogen) atoms. The highest BCUT2D eigenvalue weighted by molar-refractivity contribution is 6.30. The Kier molecular flexibility index (Phi) is 3.29. The topological polar surface area (TPSA) is 51.8 Å². The summed E-state index contributed by atoms with van der Waals surface area (Å²) < 4.78 is 0. The van der Waals surface area contributed by atoms with Crippen molar-refractivity contribution in [2.24, 2.45) is 0 Å². The van der Waals surface area contributed by atoms with E-state index in [1.807, 2.05) is 30.3 Å². The summed E-state index contributed by atoms with van der Waals surface area (Å²) in [5.74, 6) is 0.615. The Bertz CT molecular complexity index is 538. The van der Waals surface area contributed by atoms with E-state index >= 15 is 0 Å². The number of aromatic nitrogens is 2. The fourth-order valence-electron chi connectivity index (χ4n) is 1.58. The van der Waals surface area contributed by atoms with E-state index in [1.54, 1.807) is 0 Å². The second-order valence-electron chi connectivity index (χ2n) is 4.20. The third-order valence-corrected chi connectivity index (χ3v) is 2.71. The van der Waals surface area contributed by atoms with Crippen LogP contribution in [0.25, 0.3) is 11.3 Å². The summed E-state index contributed by atoms with van der Waals surface area (Å²) in [6.07, 6.45) is 0. The fourth-order valence-corrected chi connectivity index (χ4v) is 1.77. The van der Waals surface area contributed by atoms with Gasteiger partial charge in [-0.3, -0.25) is 0 Å². The second kappa shape index (κ2) is 4.72. The summed E-state index contributed by atoms with van der Waals surface area (Å²) in [6.45, 7) is 4.15. The summed E-state index contributed by atoms with van der Waals surface area (Å²) in [7, 11) is 0. The molecule has 0 fully saturated rings. The normalized spacial score (nSPS) is 10.8. The molecule has 0 bridgehead atoms. The molecule has 1 heterocycles. The first-order valence-electron chi connectivity index (χ1n) is 5.46. The molecule has 0 saturated carbocycles. The van der Waals surface area contributed by atoms with Crippen LogP contribution < -0.4 is 5.73 Å². The van der Waals surface area contributed by atoms with Gasteiger partial charge in [0.15, 0.2) is 0 Å². The first-order chi connectivity index (χ1) is 8.06. The van der Waals surface area contributed by atoms with E-state index in [0.717, 1.165) is 17.0 Å². The quantitative estimate of drug-likeness (QED) is 0.884. The van der Waals surface area contributed by atoms with Crippen molar-refractivity contribution in [1.29, 1.82) is 0 Å². The molecule has 88 valence electrons. The molecule has 3 nitrogen and oxygen atoms in total. The van der Waals surface area contributed by atoms with Gasteiger partial charge in [-0.2, -0.15) is 0 Å². The number of nitrogens with zero attached hydrogens (tertiary/aromatic N) is 2. The van der Waals surface area contributed by atoms with Crippen LogP contribution in [0.15, 0.2) is 30.3 Å². The van der Waals surface area contributed by atoms with Crippen LogP contribution in [0.3, 0.4) is 0 Å². The molecule has 2 rings (SSSR count). The van der Waals surface area contributed by atoms with Gasteiger partial charge in [-0.05, 0) is 24.1 Å². The van der Waals surface area contributed by atoms with E-state index in [0.29, 0.717) is 16.9 Å². The first kappa shape index (κ1) is 11.9. The Morgan fingerprint density at radius 3 is 2.59 bits per heavy atom. The van der Waals surface area contributed by atoms with Crippen molar-refractivity contribution in [2.45, 2.75) is 19.8 Å². The molecule has 1 aromatic carbocycles. The van der Waals surface area contributed by atoms with Crippen molar-refractivity contribution in [1.82, 2.24) is 9.97 Å². The molecule has 0 aliphatic heterocycles. The molecule has 0 amide bonds. The van der Waals surface area contributed by atoms with Gasteiger partial charge in [0.25, 0.3) is 0 Å². The van der Waals surface area contributed by atoms with Gasteiger partial charge in [0, 0.05) is 16.3 Å². The average molecular weight is 248 g/mol. The van der Waals surface area contributed by atoms with E-state index in [2.05, 4.69) is 23.8 Å². The zero-order valence-corrected chi connectivity index (χ0v) is 10.6. The second-order valence-corrected chi connectivity index (χ2v) is 4.64. The summed E-state index contributed by atoms with van der Waals surface area (Å²) in [4.78, 5) is 8.45. The number of hydrogen-bond donors (Lipinski definition) is 1. The van der Waals surface area contributed by atoms with E-state index < -0.39 is 0 Å². The van der Waals surface area contributed by atoms with Crippen LogP contribution in [0.1, 0.15) is 25.5 Å². The minimum absolute atomic E-state index is 0.297. The maximum atomic E-state index is 5.96. The van der Waals surface area contributed by atoms with Crippen LogP contribution in [0.2, 0.25) is 5.02 Å². The number of anilines is 1. The first-order valence-corrected chi connectivity index (χ1v) is 5.84. The Morgan fingerprint density at radius 1 is 1.18 bits per heavy atom. The Hall–Kier alpha value is -1.61. The fraction of sp³-hybridized carbons (Fsp3) is 0.231. The van der Waals surface area contributed by atoms with Crippen molar-refractivity contribution in [2.75, 3.05) is 5.73 Å². The highest BCUT2D eigenvalue weighted by Gasteiger charge is 2.07. The lowest BCUT2D eigenvalue weighted by Crippen LogP contribution is -2.02. The number of benzene rings is 1. The lowest BCUT2D eigenvalue weighted by molar-refractivity contribution is 0.819. The number of nitrogen functional groups attached to an aromatic ring is 1. The van der Waals surface area contributed by atoms with Gasteiger partial charge in [0.05, 0.1) is 5.69 Å². The van der Waals surface area contributed by atoms with Crippen molar-refractivity contribution < 1.29 is 0 Å². The van der Waals surface area contributed by atoms with E-state index in [1.165, 1.54) is 0 Å². The minimum Gasteiger partial charge on any atom is -0.368 e. The maximum Gasteiger partial charge on any atom is 0.220 e. The summed E-state index contributed by atoms with van der Waals surface area (Å²) in [5, 5.41) is 0.686.